The van der Waals surface area contributed by atoms with Gasteiger partial charge in [0, 0.05) is 34.2 Å². The molecule has 1 aliphatic rings. The van der Waals surface area contributed by atoms with Crippen molar-refractivity contribution in [3.63, 3.8) is 0 Å². The van der Waals surface area contributed by atoms with E-state index in [1.165, 1.54) is 0 Å². The van der Waals surface area contributed by atoms with Crippen molar-refractivity contribution in [3.05, 3.63) is 85.0 Å². The molecular formula is C20H16BrClN4O2. The maximum atomic E-state index is 13.1. The van der Waals surface area contributed by atoms with Crippen LogP contribution in [-0.4, -0.2) is 34.2 Å². The molecule has 0 spiro atoms. The summed E-state index contributed by atoms with van der Waals surface area (Å²) in [6.07, 6.45) is 0.396. The Bertz CT molecular complexity index is 1140. The van der Waals surface area contributed by atoms with E-state index < -0.39 is 0 Å². The molecular weight excluding hydrogens is 444 g/mol. The average molecular weight is 460 g/mol. The molecule has 2 heterocycles. The van der Waals surface area contributed by atoms with E-state index in [9.17, 15) is 4.79 Å². The third-order valence-electron chi connectivity index (χ3n) is 4.50. The van der Waals surface area contributed by atoms with Crippen LogP contribution in [0.5, 0.6) is 0 Å². The molecule has 0 saturated heterocycles. The largest absolute Gasteiger partial charge is 0.384 e. The van der Waals surface area contributed by atoms with Crippen molar-refractivity contribution in [2.24, 2.45) is 4.99 Å². The van der Waals surface area contributed by atoms with Crippen molar-refractivity contribution in [2.45, 2.75) is 13.0 Å². The van der Waals surface area contributed by atoms with E-state index in [-0.39, 0.29) is 12.1 Å². The summed E-state index contributed by atoms with van der Waals surface area (Å²) >= 11 is 9.96. The summed E-state index contributed by atoms with van der Waals surface area (Å²) in [7, 11) is 1.59. The van der Waals surface area contributed by atoms with Gasteiger partial charge in [0.25, 0.3) is 5.56 Å². The van der Waals surface area contributed by atoms with Crippen LogP contribution in [0.2, 0.25) is 5.02 Å². The molecule has 1 aliphatic heterocycles. The standard InChI is InChI=1S/C20H16BrClN4O2/c1-28-9-8-16-20(27)26-17-7-6-12(21)10-14(17)19(23-11-18(26)25-24-16)13-4-2-3-5-15(13)22/h2-7,10H,8-9,11H2,1H3. The lowest BCUT2D eigenvalue weighted by Gasteiger charge is -2.14. The zero-order valence-corrected chi connectivity index (χ0v) is 17.4. The van der Waals surface area contributed by atoms with Gasteiger partial charge in [0.2, 0.25) is 0 Å². The molecule has 142 valence electrons. The van der Waals surface area contributed by atoms with Crippen molar-refractivity contribution < 1.29 is 4.74 Å². The molecule has 0 atom stereocenters. The number of benzene rings is 2. The topological polar surface area (TPSA) is 69.4 Å². The van der Waals surface area contributed by atoms with Gasteiger partial charge in [0.05, 0.1) is 18.0 Å². The third-order valence-corrected chi connectivity index (χ3v) is 5.32. The maximum Gasteiger partial charge on any atom is 0.280 e. The molecule has 0 amide bonds. The van der Waals surface area contributed by atoms with Crippen molar-refractivity contribution >= 4 is 33.2 Å². The lowest BCUT2D eigenvalue weighted by molar-refractivity contribution is 0.200. The SMILES string of the molecule is COCCc1nnc2n(c1=O)-c1ccc(Br)cc1C(c1ccccc1Cl)=NC2. The Morgan fingerprint density at radius 1 is 1.18 bits per heavy atom. The van der Waals surface area contributed by atoms with E-state index >= 15 is 0 Å². The normalized spacial score (nSPS) is 12.8. The van der Waals surface area contributed by atoms with E-state index in [0.717, 1.165) is 15.6 Å². The molecule has 2 aromatic carbocycles. The van der Waals surface area contributed by atoms with E-state index in [0.29, 0.717) is 41.0 Å². The third kappa shape index (κ3) is 3.41. The molecule has 6 nitrogen and oxygen atoms in total. The molecule has 0 N–H and O–H groups in total. The Hall–Kier alpha value is -2.35. The highest BCUT2D eigenvalue weighted by Crippen LogP contribution is 2.28. The van der Waals surface area contributed by atoms with Crippen LogP contribution in [0, 0.1) is 0 Å². The molecule has 0 saturated carbocycles. The molecule has 1 aromatic heterocycles. The first-order valence-electron chi connectivity index (χ1n) is 8.66. The van der Waals surface area contributed by atoms with Crippen molar-refractivity contribution in [1.82, 2.24) is 14.8 Å². The first-order valence-corrected chi connectivity index (χ1v) is 9.83. The van der Waals surface area contributed by atoms with E-state index in [1.807, 2.05) is 42.5 Å². The number of methoxy groups -OCH3 is 1. The van der Waals surface area contributed by atoms with E-state index in [2.05, 4.69) is 26.1 Å². The number of aromatic nitrogens is 3. The summed E-state index contributed by atoms with van der Waals surface area (Å²) in [5.74, 6) is 0.483. The number of nitrogens with zero attached hydrogens (tertiary/aromatic N) is 4. The van der Waals surface area contributed by atoms with Crippen LogP contribution >= 0.6 is 27.5 Å². The van der Waals surface area contributed by atoms with Crippen LogP contribution in [0.4, 0.5) is 0 Å². The summed E-state index contributed by atoms with van der Waals surface area (Å²) in [6.45, 7) is 0.623. The van der Waals surface area contributed by atoms with Gasteiger partial charge in [0.15, 0.2) is 5.82 Å². The molecule has 3 aromatic rings. The monoisotopic (exact) mass is 458 g/mol. The summed E-state index contributed by atoms with van der Waals surface area (Å²) in [4.78, 5) is 17.9. The fourth-order valence-corrected chi connectivity index (χ4v) is 3.76. The highest BCUT2D eigenvalue weighted by atomic mass is 79.9. The smallest absolute Gasteiger partial charge is 0.280 e. The van der Waals surface area contributed by atoms with Gasteiger partial charge in [-0.2, -0.15) is 0 Å². The second kappa shape index (κ2) is 7.95. The number of fused-ring (bicyclic) bond motifs is 3. The van der Waals surface area contributed by atoms with Crippen LogP contribution in [-0.2, 0) is 17.7 Å². The molecule has 0 aliphatic carbocycles. The Morgan fingerprint density at radius 2 is 2.00 bits per heavy atom. The number of hydrogen-bond acceptors (Lipinski definition) is 5. The zero-order chi connectivity index (χ0) is 19.7. The lowest BCUT2D eigenvalue weighted by atomic mass is 10.0. The van der Waals surface area contributed by atoms with Crippen molar-refractivity contribution in [2.75, 3.05) is 13.7 Å². The second-order valence-electron chi connectivity index (χ2n) is 6.25. The number of ether oxygens (including phenoxy) is 1. The maximum absolute atomic E-state index is 13.1. The molecule has 0 bridgehead atoms. The summed E-state index contributed by atoms with van der Waals surface area (Å²) in [6, 6.07) is 13.2. The second-order valence-corrected chi connectivity index (χ2v) is 7.58. The number of hydrogen-bond donors (Lipinski definition) is 0. The highest BCUT2D eigenvalue weighted by molar-refractivity contribution is 9.10. The van der Waals surface area contributed by atoms with Gasteiger partial charge in [-0.3, -0.25) is 14.4 Å². The first kappa shape index (κ1) is 19.0. The minimum atomic E-state index is -0.207. The number of halogens is 2. The van der Waals surface area contributed by atoms with Crippen LogP contribution in [0.3, 0.4) is 0 Å². The van der Waals surface area contributed by atoms with Gasteiger partial charge in [-0.1, -0.05) is 45.7 Å². The quantitative estimate of drug-likeness (QED) is 0.598. The molecule has 8 heteroatoms. The summed E-state index contributed by atoms with van der Waals surface area (Å²) < 4.78 is 7.55. The van der Waals surface area contributed by atoms with E-state index in [4.69, 9.17) is 21.3 Å². The Kier molecular flexibility index (Phi) is 5.39. The molecule has 0 radical (unpaired) electrons. The number of aliphatic imine (C=N–C) groups is 1. The fraction of sp³-hybridized carbons (Fsp3) is 0.200. The predicted octanol–water partition coefficient (Wildman–Crippen LogP) is 3.58. The Labute approximate surface area is 175 Å². The molecule has 28 heavy (non-hydrogen) atoms. The predicted molar refractivity (Wildman–Crippen MR) is 112 cm³/mol. The molecule has 0 fully saturated rings. The van der Waals surface area contributed by atoms with Crippen molar-refractivity contribution in [3.8, 4) is 5.69 Å². The van der Waals surface area contributed by atoms with Gasteiger partial charge < -0.3 is 4.74 Å². The lowest BCUT2D eigenvalue weighted by Crippen LogP contribution is -2.29. The number of rotatable bonds is 4. The summed E-state index contributed by atoms with van der Waals surface area (Å²) in [5, 5.41) is 8.97. The summed E-state index contributed by atoms with van der Waals surface area (Å²) in [5.41, 5.74) is 3.17. The first-order chi connectivity index (χ1) is 13.6. The minimum absolute atomic E-state index is 0.207. The van der Waals surface area contributed by atoms with E-state index in [1.54, 1.807) is 11.7 Å². The molecule has 4 rings (SSSR count). The van der Waals surface area contributed by atoms with Crippen LogP contribution < -0.4 is 5.56 Å². The van der Waals surface area contributed by atoms with Crippen molar-refractivity contribution in [1.29, 1.82) is 0 Å². The Balaban J connectivity index is 1.96. The fourth-order valence-electron chi connectivity index (χ4n) is 3.17. The van der Waals surface area contributed by atoms with Crippen LogP contribution in [0.15, 0.2) is 56.7 Å². The Morgan fingerprint density at radius 3 is 2.79 bits per heavy atom. The van der Waals surface area contributed by atoms with Gasteiger partial charge in [-0.25, -0.2) is 0 Å². The molecule has 0 unspecified atom stereocenters. The van der Waals surface area contributed by atoms with Gasteiger partial charge in [0.1, 0.15) is 12.2 Å². The van der Waals surface area contributed by atoms with Gasteiger partial charge >= 0.3 is 0 Å². The highest BCUT2D eigenvalue weighted by Gasteiger charge is 2.23. The minimum Gasteiger partial charge on any atom is -0.384 e. The van der Waals surface area contributed by atoms with Crippen LogP contribution in [0.1, 0.15) is 22.6 Å². The van der Waals surface area contributed by atoms with Crippen LogP contribution in [0.25, 0.3) is 5.69 Å². The van der Waals surface area contributed by atoms with Gasteiger partial charge in [-0.15, -0.1) is 10.2 Å². The van der Waals surface area contributed by atoms with Gasteiger partial charge in [-0.05, 0) is 24.3 Å². The zero-order valence-electron chi connectivity index (χ0n) is 15.0. The average Bonchev–Trinajstić information content (AvgIpc) is 2.85.